The molecule has 80 heavy (non-hydrogen) atoms. The van der Waals surface area contributed by atoms with Gasteiger partial charge < -0.3 is 14.2 Å². The van der Waals surface area contributed by atoms with Gasteiger partial charge in [0.2, 0.25) is 12.6 Å². The molecule has 0 N–H and O–H groups in total. The minimum atomic E-state index is -0.494. The Morgan fingerprint density at radius 1 is 0.275 bits per heavy atom. The molecule has 18 heteroatoms. The van der Waals surface area contributed by atoms with Gasteiger partial charge in [0.05, 0.1) is 55.5 Å². The Kier molecular flexibility index (Phi) is 14.5. The summed E-state index contributed by atoms with van der Waals surface area (Å²) in [5, 5.41) is 30.2. The molecule has 0 bridgehead atoms. The van der Waals surface area contributed by atoms with Crippen molar-refractivity contribution >= 4 is 0 Å². The number of methoxy groups -OCH3 is 3. The van der Waals surface area contributed by atoms with Crippen molar-refractivity contribution < 1.29 is 14.2 Å². The lowest BCUT2D eigenvalue weighted by molar-refractivity contribution is 0.272. The highest BCUT2D eigenvalue weighted by molar-refractivity contribution is 5.63. The first kappa shape index (κ1) is 51.9. The van der Waals surface area contributed by atoms with Gasteiger partial charge >= 0.3 is 0 Å². The Morgan fingerprint density at radius 2 is 0.500 bits per heavy atom. The molecule has 12 aromatic rings. The second-order valence-corrected chi connectivity index (χ2v) is 19.2. The highest BCUT2D eigenvalue weighted by atomic mass is 16.5. The fourth-order valence-electron chi connectivity index (χ4n) is 9.58. The van der Waals surface area contributed by atoms with Crippen molar-refractivity contribution in [1.82, 2.24) is 73.6 Å². The number of nitrogens with zero attached hydrogens (tertiary/aromatic N) is 15. The number of rotatable bonds is 15. The standard InChI is InChI=1S/C34H34N6O3.C28H25N9/c1-22-19-31(25-7-13-28(41-4)14-8-25)35-38(22)34(39-23(2)20-32(36-39)26-9-15-29(42-5)16-10-26)40-24(3)21-33(37-40)27-11-17-30(43-6)18-12-27;1-19-16-25(22-10-4-7-13-29-22)32-35(19)28(36-20(2)17-26(33-36)23-11-5-8-14-30-23)37-21(3)18-27(34-37)24-12-6-9-15-31-24/h7-21,34H,1-6H3;4-18,28H,1-3H3. The molecule has 0 saturated carbocycles. The maximum atomic E-state index is 5.35. The number of aryl methyl sites for hydroxylation is 6. The zero-order valence-corrected chi connectivity index (χ0v) is 45.9. The molecule has 18 nitrogen and oxygen atoms in total. The van der Waals surface area contributed by atoms with E-state index in [1.54, 1.807) is 39.9 Å². The van der Waals surface area contributed by atoms with Crippen molar-refractivity contribution in [3.8, 4) is 85.2 Å². The van der Waals surface area contributed by atoms with Gasteiger partial charge in [0, 0.05) is 69.4 Å². The van der Waals surface area contributed by atoms with Crippen LogP contribution < -0.4 is 14.2 Å². The van der Waals surface area contributed by atoms with Crippen molar-refractivity contribution in [2.75, 3.05) is 21.3 Å². The van der Waals surface area contributed by atoms with Crippen LogP contribution >= 0.6 is 0 Å². The number of ether oxygens (including phenoxy) is 3. The number of benzene rings is 3. The van der Waals surface area contributed by atoms with E-state index in [4.69, 9.17) is 44.8 Å². The van der Waals surface area contributed by atoms with Crippen LogP contribution in [0.1, 0.15) is 46.7 Å². The van der Waals surface area contributed by atoms with Crippen molar-refractivity contribution in [1.29, 1.82) is 0 Å². The summed E-state index contributed by atoms with van der Waals surface area (Å²) in [5.41, 5.74) is 16.1. The molecule has 0 saturated heterocycles. The van der Waals surface area contributed by atoms with Gasteiger partial charge in [0.15, 0.2) is 0 Å². The second-order valence-electron chi connectivity index (χ2n) is 19.2. The highest BCUT2D eigenvalue weighted by Crippen LogP contribution is 2.32. The smallest absolute Gasteiger partial charge is 0.238 e. The van der Waals surface area contributed by atoms with E-state index in [1.165, 1.54) is 0 Å². The normalized spacial score (nSPS) is 11.3. The van der Waals surface area contributed by atoms with Gasteiger partial charge in [-0.15, -0.1) is 0 Å². The van der Waals surface area contributed by atoms with E-state index in [9.17, 15) is 0 Å². The Hall–Kier alpha value is -10.2. The summed E-state index contributed by atoms with van der Waals surface area (Å²) >= 11 is 0. The van der Waals surface area contributed by atoms with Gasteiger partial charge in [-0.1, -0.05) is 18.2 Å². The van der Waals surface area contributed by atoms with Gasteiger partial charge in [-0.3, -0.25) is 15.0 Å². The number of aromatic nitrogens is 15. The van der Waals surface area contributed by atoms with E-state index in [-0.39, 0.29) is 0 Å². The summed E-state index contributed by atoms with van der Waals surface area (Å²) in [4.78, 5) is 13.5. The van der Waals surface area contributed by atoms with Crippen LogP contribution in [0.25, 0.3) is 67.9 Å². The largest absolute Gasteiger partial charge is 0.497 e. The van der Waals surface area contributed by atoms with Crippen molar-refractivity contribution in [3.63, 3.8) is 0 Å². The van der Waals surface area contributed by atoms with Gasteiger partial charge in [-0.2, -0.15) is 30.6 Å². The summed E-state index contributed by atoms with van der Waals surface area (Å²) in [6.45, 7) is 12.3. The van der Waals surface area contributed by atoms with Gasteiger partial charge in [0.1, 0.15) is 34.3 Å². The first-order valence-electron chi connectivity index (χ1n) is 26.0. The Bertz CT molecular complexity index is 3610. The lowest BCUT2D eigenvalue weighted by Gasteiger charge is -2.23. The van der Waals surface area contributed by atoms with Crippen LogP contribution in [-0.4, -0.2) is 95.0 Å². The molecule has 0 aliphatic heterocycles. The van der Waals surface area contributed by atoms with E-state index >= 15 is 0 Å². The molecule has 0 aliphatic carbocycles. The molecule has 0 atom stereocenters. The van der Waals surface area contributed by atoms with E-state index in [1.807, 2.05) is 194 Å². The summed E-state index contributed by atoms with van der Waals surface area (Å²) in [6.07, 6.45) is 4.33. The third-order valence-corrected chi connectivity index (χ3v) is 13.8. The fraction of sp³-hybridized carbons (Fsp3) is 0.177. The van der Waals surface area contributed by atoms with Crippen LogP contribution in [0.15, 0.2) is 182 Å². The molecule has 0 fully saturated rings. The molecule has 0 radical (unpaired) electrons. The average molecular weight is 1060 g/mol. The lowest BCUT2D eigenvalue weighted by atomic mass is 10.1. The molecular weight excluding hydrogens is 1000 g/mol. The SMILES string of the molecule is COc1ccc(-c2cc(C)n(C(n3nc(-c4ccc(OC)cc4)cc3C)n3nc(-c4ccc(OC)cc4)cc3C)n2)cc1.Cc1cc(-c2ccccn2)nn1C(n1nc(-c2ccccn2)cc1C)n1nc(-c2ccccn2)cc1C. The molecule has 9 heterocycles. The molecule has 0 unspecified atom stereocenters. The van der Waals surface area contributed by atoms with Gasteiger partial charge in [-0.25, -0.2) is 28.1 Å². The minimum Gasteiger partial charge on any atom is -0.497 e. The lowest BCUT2D eigenvalue weighted by Crippen LogP contribution is -2.31. The zero-order valence-electron chi connectivity index (χ0n) is 45.9. The molecule has 0 amide bonds. The van der Waals surface area contributed by atoms with Crippen LogP contribution in [0, 0.1) is 41.5 Å². The van der Waals surface area contributed by atoms with Crippen LogP contribution in [0.5, 0.6) is 17.2 Å². The monoisotopic (exact) mass is 1060 g/mol. The maximum Gasteiger partial charge on any atom is 0.238 e. The first-order chi connectivity index (χ1) is 39.0. The summed E-state index contributed by atoms with van der Waals surface area (Å²) in [6, 6.07) is 53.6. The molecule has 12 rings (SSSR count). The van der Waals surface area contributed by atoms with Gasteiger partial charge in [0.25, 0.3) is 0 Å². The first-order valence-corrected chi connectivity index (χ1v) is 26.0. The molecule has 9 aromatic heterocycles. The fourth-order valence-corrected chi connectivity index (χ4v) is 9.58. The van der Waals surface area contributed by atoms with Crippen LogP contribution in [0.3, 0.4) is 0 Å². The number of pyridine rings is 3. The zero-order chi connectivity index (χ0) is 55.4. The van der Waals surface area contributed by atoms with Crippen LogP contribution in [-0.2, 0) is 0 Å². The number of hydrogen-bond acceptors (Lipinski definition) is 12. The Balaban J connectivity index is 0.000000171. The topological polar surface area (TPSA) is 173 Å². The predicted octanol–water partition coefficient (Wildman–Crippen LogP) is 11.7. The number of hydrogen-bond donors (Lipinski definition) is 0. The van der Waals surface area contributed by atoms with Crippen molar-refractivity contribution in [3.05, 3.63) is 217 Å². The summed E-state index contributed by atoms with van der Waals surface area (Å²) in [7, 11) is 4.99. The molecule has 0 aliphatic rings. The van der Waals surface area contributed by atoms with Crippen LogP contribution in [0.4, 0.5) is 0 Å². The van der Waals surface area contributed by atoms with Crippen LogP contribution in [0.2, 0.25) is 0 Å². The summed E-state index contributed by atoms with van der Waals surface area (Å²) in [5.74, 6) is 2.40. The van der Waals surface area contributed by atoms with E-state index in [0.717, 1.165) is 119 Å². The van der Waals surface area contributed by atoms with Crippen molar-refractivity contribution in [2.24, 2.45) is 0 Å². The molecule has 3 aromatic carbocycles. The predicted molar refractivity (Wildman–Crippen MR) is 307 cm³/mol. The average Bonchev–Trinajstić information content (AvgIpc) is 4.52. The Labute approximate surface area is 463 Å². The third kappa shape index (κ3) is 10.5. The third-order valence-electron chi connectivity index (χ3n) is 13.8. The Morgan fingerprint density at radius 3 is 0.713 bits per heavy atom. The van der Waals surface area contributed by atoms with Crippen molar-refractivity contribution in [2.45, 2.75) is 54.1 Å². The van der Waals surface area contributed by atoms with E-state index < -0.39 is 12.6 Å². The molecule has 0 spiro atoms. The maximum absolute atomic E-state index is 5.35. The quantitative estimate of drug-likeness (QED) is 0.0952. The summed E-state index contributed by atoms with van der Waals surface area (Å²) < 4.78 is 27.8. The highest BCUT2D eigenvalue weighted by Gasteiger charge is 2.28. The minimum absolute atomic E-state index is 0.493. The van der Waals surface area contributed by atoms with E-state index in [2.05, 4.69) is 53.9 Å². The van der Waals surface area contributed by atoms with E-state index in [0.29, 0.717) is 0 Å². The second kappa shape index (κ2) is 22.4. The van der Waals surface area contributed by atoms with Gasteiger partial charge in [-0.05, 0) is 187 Å². The molecular formula is C62H59N15O3. The molecule has 400 valence electrons.